The summed E-state index contributed by atoms with van der Waals surface area (Å²) in [5.41, 5.74) is 6.08. The number of carbonyl (C=O) groups is 1. The van der Waals surface area contributed by atoms with Crippen LogP contribution in [0.5, 0.6) is 0 Å². The Morgan fingerprint density at radius 1 is 1.56 bits per heavy atom. The van der Waals surface area contributed by atoms with Gasteiger partial charge in [-0.25, -0.2) is 0 Å². The highest BCUT2D eigenvalue weighted by atomic mass is 16.4. The fourth-order valence-electron chi connectivity index (χ4n) is 3.22. The number of aliphatic carboxylic acids is 1. The van der Waals surface area contributed by atoms with Gasteiger partial charge in [-0.1, -0.05) is 13.3 Å². The molecule has 1 aliphatic carbocycles. The first kappa shape index (κ1) is 11.9. The Hall–Kier alpha value is -0.610. The van der Waals surface area contributed by atoms with Crippen molar-refractivity contribution in [1.82, 2.24) is 4.90 Å². The van der Waals surface area contributed by atoms with Gasteiger partial charge in [-0.15, -0.1) is 0 Å². The number of nitrogens with zero attached hydrogens (tertiary/aromatic N) is 1. The Morgan fingerprint density at radius 3 is 2.69 bits per heavy atom. The Labute approximate surface area is 96.8 Å². The van der Waals surface area contributed by atoms with E-state index in [1.165, 1.54) is 19.3 Å². The molecule has 1 atom stereocenters. The van der Waals surface area contributed by atoms with E-state index in [4.69, 9.17) is 10.8 Å². The van der Waals surface area contributed by atoms with Crippen LogP contribution in [0, 0.1) is 11.3 Å². The minimum atomic E-state index is -0.884. The Bertz CT molecular complexity index is 266. The van der Waals surface area contributed by atoms with Gasteiger partial charge in [0.2, 0.25) is 0 Å². The average molecular weight is 226 g/mol. The molecule has 2 aliphatic rings. The summed E-state index contributed by atoms with van der Waals surface area (Å²) in [4.78, 5) is 12.9. The maximum absolute atomic E-state index is 10.6. The molecule has 0 aromatic heterocycles. The number of carboxylic acid groups (broad SMARTS) is 1. The molecule has 4 heteroatoms. The minimum absolute atomic E-state index is 0.572. The zero-order valence-corrected chi connectivity index (χ0v) is 9.98. The topological polar surface area (TPSA) is 66.6 Å². The monoisotopic (exact) mass is 226 g/mol. The van der Waals surface area contributed by atoms with E-state index in [1.807, 2.05) is 0 Å². The van der Waals surface area contributed by atoms with Crippen molar-refractivity contribution in [3.8, 4) is 0 Å². The van der Waals surface area contributed by atoms with E-state index in [0.717, 1.165) is 25.6 Å². The van der Waals surface area contributed by atoms with Crippen LogP contribution in [0.15, 0.2) is 0 Å². The molecular formula is C12H22N2O2. The highest BCUT2D eigenvalue weighted by molar-refractivity contribution is 5.72. The molecule has 1 spiro atoms. The van der Waals surface area contributed by atoms with Gasteiger partial charge in [-0.3, -0.25) is 4.79 Å². The van der Waals surface area contributed by atoms with Crippen LogP contribution < -0.4 is 5.73 Å². The summed E-state index contributed by atoms with van der Waals surface area (Å²) in [6.45, 7) is 5.43. The molecule has 0 aromatic carbocycles. The summed E-state index contributed by atoms with van der Waals surface area (Å²) >= 11 is 0. The third-order valence-corrected chi connectivity index (χ3v) is 4.21. The molecule has 1 heterocycles. The predicted molar refractivity (Wildman–Crippen MR) is 62.1 cm³/mol. The molecule has 3 N–H and O–H groups in total. The van der Waals surface area contributed by atoms with E-state index in [9.17, 15) is 4.79 Å². The average Bonchev–Trinajstić information content (AvgIpc) is 2.12. The lowest BCUT2D eigenvalue weighted by Crippen LogP contribution is -2.62. The maximum Gasteiger partial charge on any atom is 0.320 e. The zero-order valence-electron chi connectivity index (χ0n) is 9.98. The molecule has 1 aliphatic heterocycles. The standard InChI is InChI=1S/C12H22N2O2/c1-2-9-5-12(6-9)7-14(8-12)4-3-10(13)11(15)16/h9-10H,2-8,13H2,1H3,(H,15,16)/t10-/m1/s1. The molecule has 0 radical (unpaired) electrons. The lowest BCUT2D eigenvalue weighted by atomic mass is 9.57. The fraction of sp³-hybridized carbons (Fsp3) is 0.917. The molecule has 1 saturated heterocycles. The maximum atomic E-state index is 10.6. The lowest BCUT2D eigenvalue weighted by molar-refractivity contribution is -0.139. The highest BCUT2D eigenvalue weighted by Crippen LogP contribution is 2.52. The smallest absolute Gasteiger partial charge is 0.320 e. The largest absolute Gasteiger partial charge is 0.480 e. The van der Waals surface area contributed by atoms with E-state index >= 15 is 0 Å². The summed E-state index contributed by atoms with van der Waals surface area (Å²) < 4.78 is 0. The van der Waals surface area contributed by atoms with Crippen molar-refractivity contribution in [2.45, 2.75) is 38.6 Å². The quantitative estimate of drug-likeness (QED) is 0.731. The summed E-state index contributed by atoms with van der Waals surface area (Å²) in [6, 6.07) is -0.693. The van der Waals surface area contributed by atoms with E-state index in [2.05, 4.69) is 11.8 Å². The SMILES string of the molecule is CCC1CC2(C1)CN(CC[C@@H](N)C(=O)O)C2. The van der Waals surface area contributed by atoms with Crippen LogP contribution in [0.25, 0.3) is 0 Å². The van der Waals surface area contributed by atoms with Crippen molar-refractivity contribution in [2.24, 2.45) is 17.1 Å². The van der Waals surface area contributed by atoms with Gasteiger partial charge in [-0.2, -0.15) is 0 Å². The molecule has 0 unspecified atom stereocenters. The highest BCUT2D eigenvalue weighted by Gasteiger charge is 2.50. The Balaban J connectivity index is 1.61. The molecular weight excluding hydrogens is 204 g/mol. The third-order valence-electron chi connectivity index (χ3n) is 4.21. The fourth-order valence-corrected chi connectivity index (χ4v) is 3.22. The number of carboxylic acids is 1. The Kier molecular flexibility index (Phi) is 3.22. The van der Waals surface area contributed by atoms with Gasteiger partial charge in [0.15, 0.2) is 0 Å². The van der Waals surface area contributed by atoms with Crippen molar-refractivity contribution in [2.75, 3.05) is 19.6 Å². The van der Waals surface area contributed by atoms with Gasteiger partial charge in [0.05, 0.1) is 0 Å². The lowest BCUT2D eigenvalue weighted by Gasteiger charge is -2.59. The first-order valence-electron chi connectivity index (χ1n) is 6.25. The Morgan fingerprint density at radius 2 is 2.19 bits per heavy atom. The summed E-state index contributed by atoms with van der Waals surface area (Å²) in [5.74, 6) is 0.0633. The number of hydrogen-bond donors (Lipinski definition) is 2. The van der Waals surface area contributed by atoms with Crippen LogP contribution in [0.4, 0.5) is 0 Å². The molecule has 0 amide bonds. The van der Waals surface area contributed by atoms with Crippen LogP contribution in [-0.4, -0.2) is 41.7 Å². The molecule has 16 heavy (non-hydrogen) atoms. The van der Waals surface area contributed by atoms with Crippen molar-refractivity contribution in [3.63, 3.8) is 0 Å². The summed E-state index contributed by atoms with van der Waals surface area (Å²) in [5, 5.41) is 8.67. The van der Waals surface area contributed by atoms with Gasteiger partial charge in [0, 0.05) is 19.6 Å². The van der Waals surface area contributed by atoms with Gasteiger partial charge < -0.3 is 15.7 Å². The molecule has 4 nitrogen and oxygen atoms in total. The normalized spacial score (nSPS) is 26.1. The molecule has 2 fully saturated rings. The summed E-state index contributed by atoms with van der Waals surface area (Å²) in [6.07, 6.45) is 4.64. The second-order valence-electron chi connectivity index (χ2n) is 5.63. The first-order chi connectivity index (χ1) is 7.54. The van der Waals surface area contributed by atoms with Crippen molar-refractivity contribution in [3.05, 3.63) is 0 Å². The van der Waals surface area contributed by atoms with Crippen LogP contribution >= 0.6 is 0 Å². The van der Waals surface area contributed by atoms with Gasteiger partial charge >= 0.3 is 5.97 Å². The predicted octanol–water partition coefficient (Wildman–Crippen LogP) is 0.910. The number of hydrogen-bond acceptors (Lipinski definition) is 3. The third kappa shape index (κ3) is 2.23. The van der Waals surface area contributed by atoms with Crippen molar-refractivity contribution < 1.29 is 9.90 Å². The second-order valence-corrected chi connectivity index (χ2v) is 5.63. The van der Waals surface area contributed by atoms with E-state index in [1.54, 1.807) is 0 Å². The minimum Gasteiger partial charge on any atom is -0.480 e. The van der Waals surface area contributed by atoms with Gasteiger partial charge in [0.25, 0.3) is 0 Å². The molecule has 2 rings (SSSR count). The first-order valence-corrected chi connectivity index (χ1v) is 6.25. The van der Waals surface area contributed by atoms with E-state index < -0.39 is 12.0 Å². The number of rotatable bonds is 5. The zero-order chi connectivity index (χ0) is 11.8. The molecule has 0 aromatic rings. The van der Waals surface area contributed by atoms with E-state index in [-0.39, 0.29) is 0 Å². The van der Waals surface area contributed by atoms with Crippen molar-refractivity contribution >= 4 is 5.97 Å². The number of likely N-dealkylation sites (tertiary alicyclic amines) is 1. The van der Waals surface area contributed by atoms with Crippen LogP contribution in [-0.2, 0) is 4.79 Å². The molecule has 1 saturated carbocycles. The van der Waals surface area contributed by atoms with Crippen LogP contribution in [0.3, 0.4) is 0 Å². The van der Waals surface area contributed by atoms with Crippen LogP contribution in [0.1, 0.15) is 32.6 Å². The number of nitrogens with two attached hydrogens (primary N) is 1. The van der Waals surface area contributed by atoms with E-state index in [0.29, 0.717) is 11.8 Å². The van der Waals surface area contributed by atoms with Gasteiger partial charge in [0.1, 0.15) is 6.04 Å². The summed E-state index contributed by atoms with van der Waals surface area (Å²) in [7, 11) is 0. The van der Waals surface area contributed by atoms with Crippen molar-refractivity contribution in [1.29, 1.82) is 0 Å². The molecule has 0 bridgehead atoms. The van der Waals surface area contributed by atoms with Crippen LogP contribution in [0.2, 0.25) is 0 Å². The van der Waals surface area contributed by atoms with Gasteiger partial charge in [-0.05, 0) is 30.6 Å². The molecule has 92 valence electrons. The second kappa shape index (κ2) is 4.34.